The van der Waals surface area contributed by atoms with Crippen LogP contribution in [0.25, 0.3) is 0 Å². The molecule has 2 amide bonds. The minimum Gasteiger partial charge on any atom is -0.353 e. The van der Waals surface area contributed by atoms with Crippen LogP contribution in [0.15, 0.2) is 53.3 Å². The molecule has 1 N–H and O–H groups in total. The van der Waals surface area contributed by atoms with Crippen molar-refractivity contribution in [2.45, 2.75) is 31.7 Å². The molecule has 1 fully saturated rings. The van der Waals surface area contributed by atoms with Crippen molar-refractivity contribution < 1.29 is 9.59 Å². The zero-order valence-electron chi connectivity index (χ0n) is 14.5. The Morgan fingerprint density at radius 1 is 1.19 bits per heavy atom. The maximum absolute atomic E-state index is 12.4. The van der Waals surface area contributed by atoms with Gasteiger partial charge < -0.3 is 10.2 Å². The van der Waals surface area contributed by atoms with Gasteiger partial charge in [-0.3, -0.25) is 14.6 Å². The predicted octanol–water partition coefficient (Wildman–Crippen LogP) is 3.20. The maximum Gasteiger partial charge on any atom is 0.255 e. The Morgan fingerprint density at radius 2 is 2.00 bits per heavy atom. The predicted molar refractivity (Wildman–Crippen MR) is 104 cm³/mol. The highest BCUT2D eigenvalue weighted by molar-refractivity contribution is 9.10. The smallest absolute Gasteiger partial charge is 0.255 e. The molecule has 2 aromatic rings. The van der Waals surface area contributed by atoms with Gasteiger partial charge in [0.25, 0.3) is 5.91 Å². The lowest BCUT2D eigenvalue weighted by atomic mass is 10.0. The van der Waals surface area contributed by atoms with Crippen LogP contribution in [0.4, 0.5) is 0 Å². The van der Waals surface area contributed by atoms with Crippen molar-refractivity contribution in [3.63, 3.8) is 0 Å². The van der Waals surface area contributed by atoms with Gasteiger partial charge in [-0.1, -0.05) is 28.1 Å². The lowest BCUT2D eigenvalue weighted by molar-refractivity contribution is -0.122. The monoisotopic (exact) mass is 415 g/mol. The standard InChI is InChI=1S/C20H22BrN3O2/c21-17-5-1-3-15(13-17)6-7-19(25)23-18-8-11-24(12-9-18)20(26)16-4-2-10-22-14-16/h1-5,10,13-14,18H,6-9,11-12H2,(H,23,25). The van der Waals surface area contributed by atoms with E-state index in [1.54, 1.807) is 24.5 Å². The number of aromatic nitrogens is 1. The Labute approximate surface area is 161 Å². The number of hydrogen-bond donors (Lipinski definition) is 1. The number of halogens is 1. The van der Waals surface area contributed by atoms with Gasteiger partial charge in [0, 0.05) is 42.4 Å². The van der Waals surface area contributed by atoms with Crippen molar-refractivity contribution in [2.24, 2.45) is 0 Å². The lowest BCUT2D eigenvalue weighted by Crippen LogP contribution is -2.46. The van der Waals surface area contributed by atoms with E-state index in [0.29, 0.717) is 25.1 Å². The molecule has 1 aliphatic rings. The Hall–Kier alpha value is -2.21. The molecule has 5 nitrogen and oxygen atoms in total. The zero-order valence-corrected chi connectivity index (χ0v) is 16.1. The van der Waals surface area contributed by atoms with Gasteiger partial charge in [0.15, 0.2) is 0 Å². The van der Waals surface area contributed by atoms with E-state index in [1.165, 1.54) is 0 Å². The van der Waals surface area contributed by atoms with Crippen molar-refractivity contribution in [1.29, 1.82) is 0 Å². The molecule has 0 bridgehead atoms. The molecule has 0 atom stereocenters. The highest BCUT2D eigenvalue weighted by atomic mass is 79.9. The third-order valence-electron chi connectivity index (χ3n) is 4.59. The summed E-state index contributed by atoms with van der Waals surface area (Å²) in [6.45, 7) is 1.31. The molecule has 1 aliphatic heterocycles. The quantitative estimate of drug-likeness (QED) is 0.815. The molecule has 1 aromatic carbocycles. The first-order valence-electron chi connectivity index (χ1n) is 8.85. The number of benzene rings is 1. The third-order valence-corrected chi connectivity index (χ3v) is 5.08. The van der Waals surface area contributed by atoms with Crippen LogP contribution in [-0.4, -0.2) is 40.8 Å². The van der Waals surface area contributed by atoms with Crippen LogP contribution in [-0.2, 0) is 11.2 Å². The summed E-state index contributed by atoms with van der Waals surface area (Å²) < 4.78 is 1.03. The van der Waals surface area contributed by atoms with Gasteiger partial charge in [-0.25, -0.2) is 0 Å². The number of carbonyl (C=O) groups excluding carboxylic acids is 2. The largest absolute Gasteiger partial charge is 0.353 e. The molecule has 0 unspecified atom stereocenters. The van der Waals surface area contributed by atoms with Crippen molar-refractivity contribution in [3.05, 3.63) is 64.4 Å². The summed E-state index contributed by atoms with van der Waals surface area (Å²) in [5.41, 5.74) is 1.76. The lowest BCUT2D eigenvalue weighted by Gasteiger charge is -2.32. The molecule has 6 heteroatoms. The van der Waals surface area contributed by atoms with Crippen molar-refractivity contribution in [3.8, 4) is 0 Å². The molecule has 2 heterocycles. The average Bonchev–Trinajstić information content (AvgIpc) is 2.67. The number of piperidine rings is 1. The number of nitrogens with zero attached hydrogens (tertiary/aromatic N) is 2. The topological polar surface area (TPSA) is 62.3 Å². The number of aryl methyl sites for hydroxylation is 1. The average molecular weight is 416 g/mol. The molecule has 0 saturated carbocycles. The molecule has 1 aromatic heterocycles. The fourth-order valence-electron chi connectivity index (χ4n) is 3.15. The summed E-state index contributed by atoms with van der Waals surface area (Å²) in [4.78, 5) is 30.4. The number of amides is 2. The number of hydrogen-bond acceptors (Lipinski definition) is 3. The molecule has 1 saturated heterocycles. The second-order valence-electron chi connectivity index (χ2n) is 6.51. The van der Waals surface area contributed by atoms with Gasteiger partial charge in [0.2, 0.25) is 5.91 Å². The number of carbonyl (C=O) groups is 2. The summed E-state index contributed by atoms with van der Waals surface area (Å²) in [5, 5.41) is 3.10. The van der Waals surface area contributed by atoms with E-state index >= 15 is 0 Å². The van der Waals surface area contributed by atoms with Crippen molar-refractivity contribution >= 4 is 27.7 Å². The fraction of sp³-hybridized carbons (Fsp3) is 0.350. The minimum absolute atomic E-state index is 0.0116. The Morgan fingerprint density at radius 3 is 2.69 bits per heavy atom. The second kappa shape index (κ2) is 8.94. The molecule has 3 rings (SSSR count). The van der Waals surface area contributed by atoms with E-state index in [0.717, 1.165) is 29.3 Å². The van der Waals surface area contributed by atoms with Gasteiger partial charge in [0.1, 0.15) is 0 Å². The SMILES string of the molecule is O=C(CCc1cccc(Br)c1)NC1CCN(C(=O)c2cccnc2)CC1. The molecule has 0 radical (unpaired) electrons. The van der Waals surface area contributed by atoms with Crippen molar-refractivity contribution in [1.82, 2.24) is 15.2 Å². The van der Waals surface area contributed by atoms with E-state index in [2.05, 4.69) is 26.2 Å². The van der Waals surface area contributed by atoms with Gasteiger partial charge in [-0.05, 0) is 49.1 Å². The number of rotatable bonds is 5. The van der Waals surface area contributed by atoms with Gasteiger partial charge in [0.05, 0.1) is 5.56 Å². The van der Waals surface area contributed by atoms with Crippen LogP contribution < -0.4 is 5.32 Å². The maximum atomic E-state index is 12.4. The Kier molecular flexibility index (Phi) is 6.39. The van der Waals surface area contributed by atoms with Gasteiger partial charge >= 0.3 is 0 Å². The second-order valence-corrected chi connectivity index (χ2v) is 7.42. The summed E-state index contributed by atoms with van der Waals surface area (Å²) in [6.07, 6.45) is 6.03. The minimum atomic E-state index is 0.0116. The number of likely N-dealkylation sites (tertiary alicyclic amines) is 1. The first-order valence-corrected chi connectivity index (χ1v) is 9.64. The van der Waals surface area contributed by atoms with Crippen LogP contribution in [0.1, 0.15) is 35.2 Å². The summed E-state index contributed by atoms with van der Waals surface area (Å²) >= 11 is 3.45. The summed E-state index contributed by atoms with van der Waals surface area (Å²) in [7, 11) is 0. The van der Waals surface area contributed by atoms with Crippen LogP contribution in [0.5, 0.6) is 0 Å². The van der Waals surface area contributed by atoms with E-state index in [9.17, 15) is 9.59 Å². The summed E-state index contributed by atoms with van der Waals surface area (Å²) in [6, 6.07) is 11.7. The van der Waals surface area contributed by atoms with Crippen LogP contribution in [0.3, 0.4) is 0 Å². The highest BCUT2D eigenvalue weighted by Gasteiger charge is 2.24. The van der Waals surface area contributed by atoms with Crippen molar-refractivity contribution in [2.75, 3.05) is 13.1 Å². The molecule has 0 spiro atoms. The van der Waals surface area contributed by atoms with Gasteiger partial charge in [-0.15, -0.1) is 0 Å². The first kappa shape index (κ1) is 18.6. The fourth-order valence-corrected chi connectivity index (χ4v) is 3.60. The molecular formula is C20H22BrN3O2. The molecular weight excluding hydrogens is 394 g/mol. The van der Waals surface area contributed by atoms with Crippen LogP contribution >= 0.6 is 15.9 Å². The number of pyridine rings is 1. The van der Waals surface area contributed by atoms with Crippen LogP contribution in [0, 0.1) is 0 Å². The summed E-state index contributed by atoms with van der Waals surface area (Å²) in [5.74, 6) is 0.0829. The first-order chi connectivity index (χ1) is 12.6. The van der Waals surface area contributed by atoms with E-state index in [-0.39, 0.29) is 17.9 Å². The highest BCUT2D eigenvalue weighted by Crippen LogP contribution is 2.15. The molecule has 136 valence electrons. The zero-order chi connectivity index (χ0) is 18.4. The van der Waals surface area contributed by atoms with Crippen LogP contribution in [0.2, 0.25) is 0 Å². The van der Waals surface area contributed by atoms with E-state index < -0.39 is 0 Å². The van der Waals surface area contributed by atoms with Gasteiger partial charge in [-0.2, -0.15) is 0 Å². The normalized spacial score (nSPS) is 14.9. The van der Waals surface area contributed by atoms with E-state index in [1.807, 2.05) is 29.2 Å². The molecule has 26 heavy (non-hydrogen) atoms. The third kappa shape index (κ3) is 5.14. The number of nitrogens with one attached hydrogen (secondary N) is 1. The van der Waals surface area contributed by atoms with E-state index in [4.69, 9.17) is 0 Å². The Bertz CT molecular complexity index is 759. The Balaban J connectivity index is 1.42. The molecule has 0 aliphatic carbocycles.